The third-order valence-electron chi connectivity index (χ3n) is 2.73. The molecule has 6 nitrogen and oxygen atoms in total. The number of nitrogens with zero attached hydrogens (tertiary/aromatic N) is 1. The van der Waals surface area contributed by atoms with Gasteiger partial charge < -0.3 is 0 Å². The van der Waals surface area contributed by atoms with E-state index in [0.29, 0.717) is 17.1 Å². The van der Waals surface area contributed by atoms with E-state index in [1.807, 2.05) is 0 Å². The summed E-state index contributed by atoms with van der Waals surface area (Å²) in [5, 5.41) is 0. The number of benzene rings is 2. The van der Waals surface area contributed by atoms with Gasteiger partial charge in [0.15, 0.2) is 0 Å². The van der Waals surface area contributed by atoms with Crippen LogP contribution in [-0.2, 0) is 20.0 Å². The number of nitrogens with one attached hydrogen (secondary N) is 1. The van der Waals surface area contributed by atoms with E-state index in [2.05, 4.69) is 4.72 Å². The van der Waals surface area contributed by atoms with E-state index < -0.39 is 20.0 Å². The Kier molecular flexibility index (Phi) is 4.43. The van der Waals surface area contributed by atoms with Gasteiger partial charge in [-0.05, 0) is 36.4 Å². The van der Waals surface area contributed by atoms with Crippen LogP contribution >= 0.6 is 0 Å². The smallest absolute Gasteiger partial charge is 0.236 e. The molecule has 22 heavy (non-hydrogen) atoms. The largest absolute Gasteiger partial charge is 0.284 e. The fourth-order valence-electron chi connectivity index (χ4n) is 1.97. The van der Waals surface area contributed by atoms with Crippen LogP contribution in [0.4, 0.5) is 17.1 Å². The number of hydrogen-bond donors (Lipinski definition) is 1. The lowest BCUT2D eigenvalue weighted by Crippen LogP contribution is -2.24. The standard InChI is InChI=1S/C14H16N2O4S2/c1-21(17,18)15-12-8-10-14(11-9-12)16(22(2,19)20)13-6-4-3-5-7-13/h3-11,15H,1-2H3. The van der Waals surface area contributed by atoms with E-state index in [-0.39, 0.29) is 0 Å². The van der Waals surface area contributed by atoms with Crippen LogP contribution in [0.5, 0.6) is 0 Å². The molecule has 0 aliphatic carbocycles. The normalized spacial score (nSPS) is 11.9. The summed E-state index contributed by atoms with van der Waals surface area (Å²) in [6, 6.07) is 14.8. The van der Waals surface area contributed by atoms with Gasteiger partial charge in [0.05, 0.1) is 23.9 Å². The van der Waals surface area contributed by atoms with Crippen LogP contribution in [0.3, 0.4) is 0 Å². The zero-order valence-corrected chi connectivity index (χ0v) is 13.7. The summed E-state index contributed by atoms with van der Waals surface area (Å²) in [7, 11) is -6.90. The average molecular weight is 340 g/mol. The van der Waals surface area contributed by atoms with Gasteiger partial charge >= 0.3 is 0 Å². The third kappa shape index (κ3) is 4.22. The van der Waals surface area contributed by atoms with Crippen molar-refractivity contribution in [1.29, 1.82) is 0 Å². The summed E-state index contributed by atoms with van der Waals surface area (Å²) in [5.41, 5.74) is 1.30. The van der Waals surface area contributed by atoms with Crippen molar-refractivity contribution in [3.8, 4) is 0 Å². The van der Waals surface area contributed by atoms with Gasteiger partial charge in [0.2, 0.25) is 20.0 Å². The highest BCUT2D eigenvalue weighted by atomic mass is 32.2. The number of sulfonamides is 2. The lowest BCUT2D eigenvalue weighted by Gasteiger charge is -2.22. The summed E-state index contributed by atoms with van der Waals surface area (Å²) >= 11 is 0. The number of anilines is 3. The first-order valence-electron chi connectivity index (χ1n) is 6.30. The molecule has 118 valence electrons. The molecule has 0 aromatic heterocycles. The third-order valence-corrected chi connectivity index (χ3v) is 4.42. The maximum atomic E-state index is 12.1. The van der Waals surface area contributed by atoms with Crippen LogP contribution in [-0.4, -0.2) is 29.3 Å². The van der Waals surface area contributed by atoms with Gasteiger partial charge in [0.1, 0.15) is 0 Å². The quantitative estimate of drug-likeness (QED) is 0.904. The molecule has 2 rings (SSSR count). The van der Waals surface area contributed by atoms with Crippen LogP contribution in [0.15, 0.2) is 54.6 Å². The van der Waals surface area contributed by atoms with Crippen molar-refractivity contribution in [2.75, 3.05) is 21.5 Å². The van der Waals surface area contributed by atoms with Gasteiger partial charge in [-0.2, -0.15) is 0 Å². The maximum absolute atomic E-state index is 12.1. The zero-order valence-electron chi connectivity index (χ0n) is 12.1. The molecule has 0 heterocycles. The van der Waals surface area contributed by atoms with Gasteiger partial charge in [-0.1, -0.05) is 18.2 Å². The molecule has 0 saturated carbocycles. The molecular formula is C14H16N2O4S2. The minimum atomic E-state index is -3.52. The molecule has 0 atom stereocenters. The van der Waals surface area contributed by atoms with Gasteiger partial charge in [-0.25, -0.2) is 21.1 Å². The van der Waals surface area contributed by atoms with Crippen LogP contribution in [0.2, 0.25) is 0 Å². The first-order valence-corrected chi connectivity index (χ1v) is 10.0. The summed E-state index contributed by atoms with van der Waals surface area (Å²) in [5.74, 6) is 0. The monoisotopic (exact) mass is 340 g/mol. The van der Waals surface area contributed by atoms with Crippen molar-refractivity contribution >= 4 is 37.1 Å². The van der Waals surface area contributed by atoms with Crippen LogP contribution in [0.1, 0.15) is 0 Å². The van der Waals surface area contributed by atoms with Crippen molar-refractivity contribution in [3.05, 3.63) is 54.6 Å². The molecule has 0 unspecified atom stereocenters. The van der Waals surface area contributed by atoms with Gasteiger partial charge in [-0.3, -0.25) is 4.72 Å². The number of hydrogen-bond acceptors (Lipinski definition) is 4. The van der Waals surface area contributed by atoms with E-state index in [9.17, 15) is 16.8 Å². The molecule has 0 amide bonds. The second-order valence-corrected chi connectivity index (χ2v) is 8.36. The van der Waals surface area contributed by atoms with Crippen molar-refractivity contribution in [2.24, 2.45) is 0 Å². The Bertz CT molecular complexity index is 845. The Hall–Kier alpha value is -2.06. The second kappa shape index (κ2) is 5.98. The molecule has 0 radical (unpaired) electrons. The first kappa shape index (κ1) is 16.3. The van der Waals surface area contributed by atoms with E-state index >= 15 is 0 Å². The van der Waals surface area contributed by atoms with Crippen molar-refractivity contribution in [2.45, 2.75) is 0 Å². The van der Waals surface area contributed by atoms with Gasteiger partial charge in [0, 0.05) is 5.69 Å². The molecule has 0 aliphatic heterocycles. The first-order chi connectivity index (χ1) is 10.2. The molecule has 0 fully saturated rings. The lowest BCUT2D eigenvalue weighted by atomic mass is 10.2. The van der Waals surface area contributed by atoms with Crippen molar-refractivity contribution in [1.82, 2.24) is 0 Å². The van der Waals surface area contributed by atoms with E-state index in [0.717, 1.165) is 12.5 Å². The van der Waals surface area contributed by atoms with Crippen LogP contribution in [0.25, 0.3) is 0 Å². The highest BCUT2D eigenvalue weighted by Gasteiger charge is 2.19. The van der Waals surface area contributed by atoms with Gasteiger partial charge in [0.25, 0.3) is 0 Å². The summed E-state index contributed by atoms with van der Waals surface area (Å²) in [4.78, 5) is 0. The lowest BCUT2D eigenvalue weighted by molar-refractivity contribution is 0.601. The molecule has 2 aromatic carbocycles. The predicted octanol–water partition coefficient (Wildman–Crippen LogP) is 2.16. The molecular weight excluding hydrogens is 324 g/mol. The highest BCUT2D eigenvalue weighted by Crippen LogP contribution is 2.29. The number of rotatable bonds is 5. The molecule has 0 saturated heterocycles. The predicted molar refractivity (Wildman–Crippen MR) is 88.3 cm³/mol. The van der Waals surface area contributed by atoms with Gasteiger partial charge in [-0.15, -0.1) is 0 Å². The van der Waals surface area contributed by atoms with E-state index in [1.165, 1.54) is 16.4 Å². The Morgan fingerprint density at radius 2 is 1.27 bits per heavy atom. The fourth-order valence-corrected chi connectivity index (χ4v) is 3.55. The van der Waals surface area contributed by atoms with Crippen LogP contribution in [0, 0.1) is 0 Å². The van der Waals surface area contributed by atoms with Crippen molar-refractivity contribution < 1.29 is 16.8 Å². The minimum absolute atomic E-state index is 0.368. The zero-order chi connectivity index (χ0) is 16.4. The summed E-state index contributed by atoms with van der Waals surface area (Å²) < 4.78 is 50.0. The molecule has 0 bridgehead atoms. The molecule has 0 spiro atoms. The number of para-hydroxylation sites is 1. The SMILES string of the molecule is CS(=O)(=O)Nc1ccc(N(c2ccccc2)S(C)(=O)=O)cc1. The van der Waals surface area contributed by atoms with E-state index in [4.69, 9.17) is 0 Å². The molecule has 0 aliphatic rings. The minimum Gasteiger partial charge on any atom is -0.284 e. The Labute approximate surface area is 130 Å². The Balaban J connectivity index is 2.42. The second-order valence-electron chi connectivity index (χ2n) is 4.78. The Morgan fingerprint density at radius 3 is 1.73 bits per heavy atom. The molecule has 2 aromatic rings. The van der Waals surface area contributed by atoms with Crippen LogP contribution < -0.4 is 9.03 Å². The molecule has 1 N–H and O–H groups in total. The average Bonchev–Trinajstić information content (AvgIpc) is 2.39. The fraction of sp³-hybridized carbons (Fsp3) is 0.143. The van der Waals surface area contributed by atoms with E-state index in [1.54, 1.807) is 42.5 Å². The summed E-state index contributed by atoms with van der Waals surface area (Å²) in [6.07, 6.45) is 2.16. The highest BCUT2D eigenvalue weighted by molar-refractivity contribution is 7.92. The molecule has 8 heteroatoms. The maximum Gasteiger partial charge on any atom is 0.236 e. The topological polar surface area (TPSA) is 83.6 Å². The summed E-state index contributed by atoms with van der Waals surface area (Å²) in [6.45, 7) is 0. The van der Waals surface area contributed by atoms with Crippen molar-refractivity contribution in [3.63, 3.8) is 0 Å². The Morgan fingerprint density at radius 1 is 0.773 bits per heavy atom.